The van der Waals surface area contributed by atoms with Crippen LogP contribution in [0.2, 0.25) is 0 Å². The van der Waals surface area contributed by atoms with Crippen molar-refractivity contribution in [1.29, 1.82) is 0 Å². The third-order valence-electron chi connectivity index (χ3n) is 3.74. The van der Waals surface area contributed by atoms with Crippen LogP contribution in [0.25, 0.3) is 0 Å². The lowest BCUT2D eigenvalue weighted by Gasteiger charge is -2.20. The van der Waals surface area contributed by atoms with Crippen molar-refractivity contribution in [2.75, 3.05) is 20.2 Å². The molecule has 0 saturated heterocycles. The lowest BCUT2D eigenvalue weighted by molar-refractivity contribution is -0.138. The molecule has 1 atom stereocenters. The van der Waals surface area contributed by atoms with Gasteiger partial charge in [0.2, 0.25) is 5.91 Å². The minimum absolute atomic E-state index is 0.0460. The molecule has 0 spiro atoms. The topological polar surface area (TPSA) is 66.8 Å². The first kappa shape index (κ1) is 14.4. The summed E-state index contributed by atoms with van der Waals surface area (Å²) in [5, 5.41) is 8.67. The number of carboxylic acid groups (broad SMARTS) is 1. The van der Waals surface area contributed by atoms with Gasteiger partial charge in [0, 0.05) is 19.2 Å². The number of amides is 1. The van der Waals surface area contributed by atoms with E-state index in [1.54, 1.807) is 7.05 Å². The minimum atomic E-state index is -0.904. The molecule has 0 aliphatic carbocycles. The number of hydrogen-bond acceptors (Lipinski definition) is 3. The molecule has 1 N–H and O–H groups in total. The fourth-order valence-electron chi connectivity index (χ4n) is 2.32. The van der Waals surface area contributed by atoms with E-state index >= 15 is 0 Å². The zero-order chi connectivity index (χ0) is 14.9. The minimum Gasteiger partial charge on any atom is -0.492 e. The van der Waals surface area contributed by atoms with E-state index in [0.717, 1.165) is 22.4 Å². The molecule has 1 amide bonds. The molecule has 0 bridgehead atoms. The predicted octanol–water partition coefficient (Wildman–Crippen LogP) is 1.71. The third-order valence-corrected chi connectivity index (χ3v) is 3.74. The van der Waals surface area contributed by atoms with Gasteiger partial charge in [-0.05, 0) is 31.0 Å². The number of aliphatic carboxylic acids is 1. The van der Waals surface area contributed by atoms with Crippen LogP contribution in [0.5, 0.6) is 5.75 Å². The number of benzene rings is 1. The van der Waals surface area contributed by atoms with Crippen molar-refractivity contribution in [3.8, 4) is 5.75 Å². The molecule has 1 aliphatic heterocycles. The summed E-state index contributed by atoms with van der Waals surface area (Å²) in [5.74, 6) is -0.561. The fraction of sp³-hybridized carbons (Fsp3) is 0.467. The number of rotatable bonds is 4. The maximum Gasteiger partial charge on any atom is 0.305 e. The molecule has 5 nitrogen and oxygen atoms in total. The zero-order valence-corrected chi connectivity index (χ0v) is 12.0. The maximum atomic E-state index is 12.4. The molecule has 1 heterocycles. The largest absolute Gasteiger partial charge is 0.492 e. The van der Waals surface area contributed by atoms with Crippen molar-refractivity contribution in [1.82, 2.24) is 4.90 Å². The number of carboxylic acids is 1. The number of likely N-dealkylation sites (N-methyl/N-ethyl adjacent to an activating group) is 1. The summed E-state index contributed by atoms with van der Waals surface area (Å²) in [4.78, 5) is 24.4. The number of fused-ring (bicyclic) bond motifs is 1. The first-order chi connectivity index (χ1) is 9.40. The Balaban J connectivity index is 2.15. The summed E-state index contributed by atoms with van der Waals surface area (Å²) in [6.45, 7) is 4.55. The second kappa shape index (κ2) is 5.53. The highest BCUT2D eigenvalue weighted by Gasteiger charge is 2.32. The van der Waals surface area contributed by atoms with Crippen molar-refractivity contribution < 1.29 is 19.4 Å². The SMILES string of the molecule is Cc1cc2c(cc1C)C(C(=O)N(C)CCC(=O)O)CO2. The van der Waals surface area contributed by atoms with E-state index in [1.165, 1.54) is 4.90 Å². The Morgan fingerprint density at radius 3 is 2.65 bits per heavy atom. The summed E-state index contributed by atoms with van der Waals surface area (Å²) in [5.41, 5.74) is 3.16. The molecule has 1 aliphatic rings. The van der Waals surface area contributed by atoms with Crippen LogP contribution in [0.15, 0.2) is 12.1 Å². The lowest BCUT2D eigenvalue weighted by Crippen LogP contribution is -2.34. The number of carbonyl (C=O) groups excluding carboxylic acids is 1. The van der Waals surface area contributed by atoms with Crippen LogP contribution in [-0.4, -0.2) is 42.1 Å². The fourth-order valence-corrected chi connectivity index (χ4v) is 2.32. The first-order valence-electron chi connectivity index (χ1n) is 6.61. The Bertz CT molecular complexity index is 553. The average Bonchev–Trinajstić information content (AvgIpc) is 2.78. The van der Waals surface area contributed by atoms with Crippen LogP contribution in [0.3, 0.4) is 0 Å². The number of carbonyl (C=O) groups is 2. The van der Waals surface area contributed by atoms with E-state index in [1.807, 2.05) is 26.0 Å². The summed E-state index contributed by atoms with van der Waals surface area (Å²) < 4.78 is 5.58. The Morgan fingerprint density at radius 2 is 2.00 bits per heavy atom. The van der Waals surface area contributed by atoms with Crippen molar-refractivity contribution in [2.45, 2.75) is 26.2 Å². The smallest absolute Gasteiger partial charge is 0.305 e. The Labute approximate surface area is 118 Å². The molecule has 0 fully saturated rings. The summed E-state index contributed by atoms with van der Waals surface area (Å²) >= 11 is 0. The molecule has 0 radical (unpaired) electrons. The molecule has 20 heavy (non-hydrogen) atoms. The van der Waals surface area contributed by atoms with Gasteiger partial charge in [0.1, 0.15) is 18.3 Å². The second-order valence-corrected chi connectivity index (χ2v) is 5.24. The van der Waals surface area contributed by atoms with Gasteiger partial charge in [0.25, 0.3) is 0 Å². The van der Waals surface area contributed by atoms with E-state index in [9.17, 15) is 9.59 Å². The summed E-state index contributed by atoms with van der Waals surface area (Å²) in [6.07, 6.45) is -0.0460. The maximum absolute atomic E-state index is 12.4. The molecule has 0 saturated carbocycles. The molecule has 0 aromatic heterocycles. The molecule has 108 valence electrons. The van der Waals surface area contributed by atoms with Gasteiger partial charge in [-0.3, -0.25) is 9.59 Å². The van der Waals surface area contributed by atoms with Crippen LogP contribution in [0, 0.1) is 13.8 Å². The van der Waals surface area contributed by atoms with Crippen LogP contribution >= 0.6 is 0 Å². The van der Waals surface area contributed by atoms with E-state index in [4.69, 9.17) is 9.84 Å². The van der Waals surface area contributed by atoms with Gasteiger partial charge in [-0.2, -0.15) is 0 Å². The molecular formula is C15H19NO4. The highest BCUT2D eigenvalue weighted by Crippen LogP contribution is 2.36. The number of hydrogen-bond donors (Lipinski definition) is 1. The number of aryl methyl sites for hydroxylation is 2. The number of nitrogens with zero attached hydrogens (tertiary/aromatic N) is 1. The van der Waals surface area contributed by atoms with E-state index in [0.29, 0.717) is 6.61 Å². The Kier molecular flexibility index (Phi) is 3.97. The normalized spacial score (nSPS) is 16.4. The lowest BCUT2D eigenvalue weighted by atomic mass is 9.96. The quantitative estimate of drug-likeness (QED) is 0.910. The molecule has 2 rings (SSSR count). The summed E-state index contributed by atoms with van der Waals surface area (Å²) in [7, 11) is 1.63. The average molecular weight is 277 g/mol. The van der Waals surface area contributed by atoms with Crippen molar-refractivity contribution in [3.63, 3.8) is 0 Å². The molecule has 5 heteroatoms. The van der Waals surface area contributed by atoms with Crippen LogP contribution in [0.1, 0.15) is 29.0 Å². The van der Waals surface area contributed by atoms with Crippen LogP contribution in [0.4, 0.5) is 0 Å². The Morgan fingerprint density at radius 1 is 1.35 bits per heavy atom. The van der Waals surface area contributed by atoms with Crippen LogP contribution in [-0.2, 0) is 9.59 Å². The van der Waals surface area contributed by atoms with Gasteiger partial charge in [-0.25, -0.2) is 0 Å². The zero-order valence-electron chi connectivity index (χ0n) is 12.0. The van der Waals surface area contributed by atoms with Crippen molar-refractivity contribution >= 4 is 11.9 Å². The summed E-state index contributed by atoms with van der Waals surface area (Å²) in [6, 6.07) is 3.94. The van der Waals surface area contributed by atoms with Gasteiger partial charge >= 0.3 is 5.97 Å². The monoisotopic (exact) mass is 277 g/mol. The Hall–Kier alpha value is -2.04. The van der Waals surface area contributed by atoms with Gasteiger partial charge in [0.05, 0.1) is 6.42 Å². The molecular weight excluding hydrogens is 258 g/mol. The third kappa shape index (κ3) is 2.76. The van der Waals surface area contributed by atoms with Crippen LogP contribution < -0.4 is 4.74 Å². The second-order valence-electron chi connectivity index (χ2n) is 5.24. The van der Waals surface area contributed by atoms with Crippen molar-refractivity contribution in [3.05, 3.63) is 28.8 Å². The van der Waals surface area contributed by atoms with E-state index in [-0.39, 0.29) is 24.8 Å². The molecule has 1 aromatic carbocycles. The standard InChI is InChI=1S/C15H19NO4/c1-9-6-11-12(8-20-13(11)7-10(9)2)15(19)16(3)5-4-14(17)18/h6-7,12H,4-5,8H2,1-3H3,(H,17,18). The van der Waals surface area contributed by atoms with E-state index < -0.39 is 5.97 Å². The molecule has 1 aromatic rings. The van der Waals surface area contributed by atoms with Gasteiger partial charge in [-0.15, -0.1) is 0 Å². The number of ether oxygens (including phenoxy) is 1. The van der Waals surface area contributed by atoms with E-state index in [2.05, 4.69) is 0 Å². The van der Waals surface area contributed by atoms with Crippen molar-refractivity contribution in [2.24, 2.45) is 0 Å². The van der Waals surface area contributed by atoms with Gasteiger partial charge in [0.15, 0.2) is 0 Å². The predicted molar refractivity (Wildman–Crippen MR) is 74.0 cm³/mol. The highest BCUT2D eigenvalue weighted by molar-refractivity contribution is 5.86. The molecule has 1 unspecified atom stereocenters. The van der Waals surface area contributed by atoms with Gasteiger partial charge in [-0.1, -0.05) is 6.07 Å². The first-order valence-corrected chi connectivity index (χ1v) is 6.61. The highest BCUT2D eigenvalue weighted by atomic mass is 16.5. The van der Waals surface area contributed by atoms with Gasteiger partial charge < -0.3 is 14.7 Å².